The molecule has 2 rings (SSSR count). The maximum atomic E-state index is 5.43. The summed E-state index contributed by atoms with van der Waals surface area (Å²) in [6.07, 6.45) is 0. The van der Waals surface area contributed by atoms with Crippen LogP contribution in [0.25, 0.3) is 0 Å². The molecule has 0 atom stereocenters. The van der Waals surface area contributed by atoms with Crippen molar-refractivity contribution in [1.29, 1.82) is 0 Å². The van der Waals surface area contributed by atoms with Crippen LogP contribution in [0.15, 0.2) is 6.07 Å². The average Bonchev–Trinajstić information content (AvgIpc) is 2.43. The molecule has 112 valence electrons. The van der Waals surface area contributed by atoms with Crippen LogP contribution in [-0.4, -0.2) is 47.2 Å². The fourth-order valence-corrected chi connectivity index (χ4v) is 3.35. The van der Waals surface area contributed by atoms with Crippen molar-refractivity contribution in [2.75, 3.05) is 42.7 Å². The Kier molecular flexibility index (Phi) is 5.10. The number of nitrogens with one attached hydrogen (secondary N) is 1. The van der Waals surface area contributed by atoms with Gasteiger partial charge < -0.3 is 15.0 Å². The predicted molar refractivity (Wildman–Crippen MR) is 85.7 cm³/mol. The van der Waals surface area contributed by atoms with Gasteiger partial charge in [-0.2, -0.15) is 11.8 Å². The Labute approximate surface area is 125 Å². The van der Waals surface area contributed by atoms with E-state index in [1.807, 2.05) is 31.8 Å². The number of nitrogens with zero attached hydrogens (tertiary/aromatic N) is 3. The van der Waals surface area contributed by atoms with E-state index in [1.165, 1.54) is 0 Å². The summed E-state index contributed by atoms with van der Waals surface area (Å²) in [7, 11) is 1.88. The van der Waals surface area contributed by atoms with Gasteiger partial charge in [-0.1, -0.05) is 0 Å². The van der Waals surface area contributed by atoms with Crippen molar-refractivity contribution in [3.63, 3.8) is 0 Å². The molecular formula is C14H24N4OS. The fourth-order valence-electron chi connectivity index (χ4n) is 2.24. The lowest BCUT2D eigenvalue weighted by molar-refractivity contribution is 0.128. The molecule has 0 radical (unpaired) electrons. The van der Waals surface area contributed by atoms with Crippen LogP contribution in [0.1, 0.15) is 26.6 Å². The molecule has 5 nitrogen and oxygen atoms in total. The molecule has 1 aromatic rings. The van der Waals surface area contributed by atoms with Crippen LogP contribution in [-0.2, 0) is 11.3 Å². The van der Waals surface area contributed by atoms with Gasteiger partial charge in [0.25, 0.3) is 0 Å². The zero-order valence-electron chi connectivity index (χ0n) is 12.8. The van der Waals surface area contributed by atoms with E-state index in [4.69, 9.17) is 4.74 Å². The van der Waals surface area contributed by atoms with E-state index in [2.05, 4.69) is 34.0 Å². The quantitative estimate of drug-likeness (QED) is 0.900. The van der Waals surface area contributed by atoms with Crippen LogP contribution in [0.5, 0.6) is 0 Å². The standard InChI is InChI=1S/C14H24N4OS/c1-5-19-9-12-16-11(15-4)8-13(17-12)18-6-7-20-14(2,3)10-18/h8H,5-7,9-10H2,1-4H3,(H,15,16,17). The second kappa shape index (κ2) is 6.63. The van der Waals surface area contributed by atoms with Gasteiger partial charge in [0.2, 0.25) is 0 Å². The first-order valence-corrected chi connectivity index (χ1v) is 8.05. The fraction of sp³-hybridized carbons (Fsp3) is 0.714. The van der Waals surface area contributed by atoms with Crippen molar-refractivity contribution < 1.29 is 4.74 Å². The Morgan fingerprint density at radius 1 is 1.45 bits per heavy atom. The molecule has 0 aromatic carbocycles. The van der Waals surface area contributed by atoms with Gasteiger partial charge in [-0.3, -0.25) is 0 Å². The smallest absolute Gasteiger partial charge is 0.158 e. The first kappa shape index (κ1) is 15.4. The molecule has 0 amide bonds. The van der Waals surface area contributed by atoms with Crippen LogP contribution in [0.3, 0.4) is 0 Å². The van der Waals surface area contributed by atoms with Gasteiger partial charge in [-0.05, 0) is 20.8 Å². The molecule has 0 unspecified atom stereocenters. The Bertz CT molecular complexity index is 453. The molecule has 1 N–H and O–H groups in total. The van der Waals surface area contributed by atoms with Crippen molar-refractivity contribution >= 4 is 23.4 Å². The normalized spacial score (nSPS) is 18.1. The predicted octanol–water partition coefficient (Wildman–Crippen LogP) is 2.39. The summed E-state index contributed by atoms with van der Waals surface area (Å²) < 4.78 is 5.69. The molecule has 1 fully saturated rings. The van der Waals surface area contributed by atoms with E-state index in [9.17, 15) is 0 Å². The van der Waals surface area contributed by atoms with E-state index < -0.39 is 0 Å². The van der Waals surface area contributed by atoms with E-state index in [0.717, 1.165) is 36.3 Å². The lowest BCUT2D eigenvalue weighted by Gasteiger charge is -2.38. The highest BCUT2D eigenvalue weighted by molar-refractivity contribution is 8.00. The summed E-state index contributed by atoms with van der Waals surface area (Å²) in [5, 5.41) is 3.11. The number of hydrogen-bond donors (Lipinski definition) is 1. The van der Waals surface area contributed by atoms with Gasteiger partial charge in [0, 0.05) is 43.3 Å². The van der Waals surface area contributed by atoms with Gasteiger partial charge >= 0.3 is 0 Å². The van der Waals surface area contributed by atoms with Crippen LogP contribution < -0.4 is 10.2 Å². The Balaban J connectivity index is 2.21. The topological polar surface area (TPSA) is 50.3 Å². The number of anilines is 2. The highest BCUT2D eigenvalue weighted by Gasteiger charge is 2.28. The summed E-state index contributed by atoms with van der Waals surface area (Å²) in [5.41, 5.74) is 0. The molecule has 1 aliphatic heterocycles. The summed E-state index contributed by atoms with van der Waals surface area (Å²) >= 11 is 2.02. The molecule has 6 heteroatoms. The highest BCUT2D eigenvalue weighted by Crippen LogP contribution is 2.32. The van der Waals surface area contributed by atoms with Crippen LogP contribution >= 0.6 is 11.8 Å². The third kappa shape index (κ3) is 3.99. The van der Waals surface area contributed by atoms with E-state index in [0.29, 0.717) is 13.2 Å². The minimum atomic E-state index is 0.267. The molecule has 0 saturated carbocycles. The first-order valence-electron chi connectivity index (χ1n) is 7.06. The Hall–Kier alpha value is -1.01. The zero-order chi connectivity index (χ0) is 14.6. The van der Waals surface area contributed by atoms with Crippen molar-refractivity contribution in [2.45, 2.75) is 32.1 Å². The molecule has 0 aliphatic carbocycles. The van der Waals surface area contributed by atoms with Crippen molar-refractivity contribution in [1.82, 2.24) is 9.97 Å². The van der Waals surface area contributed by atoms with E-state index >= 15 is 0 Å². The molecule has 0 bridgehead atoms. The third-order valence-corrected chi connectivity index (χ3v) is 4.50. The lowest BCUT2D eigenvalue weighted by atomic mass is 10.2. The molecular weight excluding hydrogens is 272 g/mol. The van der Waals surface area contributed by atoms with Gasteiger partial charge in [0.15, 0.2) is 5.82 Å². The third-order valence-electron chi connectivity index (χ3n) is 3.20. The zero-order valence-corrected chi connectivity index (χ0v) is 13.6. The minimum absolute atomic E-state index is 0.267. The highest BCUT2D eigenvalue weighted by atomic mass is 32.2. The van der Waals surface area contributed by atoms with Crippen LogP contribution in [0.4, 0.5) is 11.6 Å². The van der Waals surface area contributed by atoms with Gasteiger partial charge in [0.05, 0.1) is 0 Å². The van der Waals surface area contributed by atoms with Gasteiger partial charge in [0.1, 0.15) is 18.2 Å². The summed E-state index contributed by atoms with van der Waals surface area (Å²) in [4.78, 5) is 11.4. The average molecular weight is 296 g/mol. The SMILES string of the molecule is CCOCc1nc(NC)cc(N2CCSC(C)(C)C2)n1. The minimum Gasteiger partial charge on any atom is -0.374 e. The Morgan fingerprint density at radius 3 is 2.90 bits per heavy atom. The van der Waals surface area contributed by atoms with E-state index in [-0.39, 0.29) is 4.75 Å². The largest absolute Gasteiger partial charge is 0.374 e. The summed E-state index contributed by atoms with van der Waals surface area (Å²) in [6.45, 7) is 9.72. The van der Waals surface area contributed by atoms with Crippen molar-refractivity contribution in [3.8, 4) is 0 Å². The number of rotatable bonds is 5. The van der Waals surface area contributed by atoms with Crippen LogP contribution in [0, 0.1) is 0 Å². The van der Waals surface area contributed by atoms with Crippen LogP contribution in [0.2, 0.25) is 0 Å². The van der Waals surface area contributed by atoms with Gasteiger partial charge in [-0.15, -0.1) is 0 Å². The second-order valence-corrected chi connectivity index (χ2v) is 7.25. The lowest BCUT2D eigenvalue weighted by Crippen LogP contribution is -2.43. The first-order chi connectivity index (χ1) is 9.54. The van der Waals surface area contributed by atoms with Crippen molar-refractivity contribution in [3.05, 3.63) is 11.9 Å². The Morgan fingerprint density at radius 2 is 2.25 bits per heavy atom. The molecule has 1 aliphatic rings. The second-order valence-electron chi connectivity index (χ2n) is 5.44. The molecule has 0 spiro atoms. The summed E-state index contributed by atoms with van der Waals surface area (Å²) in [5.74, 6) is 3.71. The van der Waals surface area contributed by atoms with Crippen molar-refractivity contribution in [2.24, 2.45) is 0 Å². The maximum Gasteiger partial charge on any atom is 0.158 e. The molecule has 20 heavy (non-hydrogen) atoms. The maximum absolute atomic E-state index is 5.43. The molecule has 2 heterocycles. The summed E-state index contributed by atoms with van der Waals surface area (Å²) in [6, 6.07) is 2.02. The number of hydrogen-bond acceptors (Lipinski definition) is 6. The monoisotopic (exact) mass is 296 g/mol. The molecule has 1 saturated heterocycles. The molecule has 1 aromatic heterocycles. The van der Waals surface area contributed by atoms with Gasteiger partial charge in [-0.25, -0.2) is 9.97 Å². The number of thioether (sulfide) groups is 1. The number of ether oxygens (including phenoxy) is 1. The van der Waals surface area contributed by atoms with E-state index in [1.54, 1.807) is 0 Å². The number of aromatic nitrogens is 2.